The molecule has 0 spiro atoms. The van der Waals surface area contributed by atoms with Gasteiger partial charge in [-0.25, -0.2) is 4.98 Å². The number of nitrogens with zero attached hydrogens (tertiary/aromatic N) is 1. The summed E-state index contributed by atoms with van der Waals surface area (Å²) in [5.74, 6) is 0.449. The summed E-state index contributed by atoms with van der Waals surface area (Å²) < 4.78 is 12.2. The fraction of sp³-hybridized carbons (Fsp3) is 0.357. The first-order valence-electron chi connectivity index (χ1n) is 6.05. The molecule has 102 valence electrons. The van der Waals surface area contributed by atoms with Crippen molar-refractivity contribution >= 4 is 27.8 Å². The number of nitrogen functional groups attached to an aromatic ring is 1. The summed E-state index contributed by atoms with van der Waals surface area (Å²) in [5, 5.41) is 2.96. The third kappa shape index (κ3) is 3.64. The van der Waals surface area contributed by atoms with Crippen LogP contribution >= 0.6 is 11.3 Å². The molecule has 0 aliphatic rings. The Morgan fingerprint density at radius 1 is 1.37 bits per heavy atom. The van der Waals surface area contributed by atoms with E-state index in [9.17, 15) is 4.21 Å². The second kappa shape index (κ2) is 5.43. The molecule has 19 heavy (non-hydrogen) atoms. The molecule has 0 amide bonds. The minimum absolute atomic E-state index is 0.0351. The monoisotopic (exact) mass is 294 g/mol. The highest BCUT2D eigenvalue weighted by molar-refractivity contribution is 7.84. The molecule has 0 fully saturated rings. The Bertz CT molecular complexity index is 599. The second-order valence-electron chi connectivity index (χ2n) is 5.44. The van der Waals surface area contributed by atoms with Gasteiger partial charge in [0.15, 0.2) is 0 Å². The highest BCUT2D eigenvalue weighted by atomic mass is 32.2. The molecule has 2 aromatic rings. The topological polar surface area (TPSA) is 56.0 Å². The number of nitrogens with two attached hydrogens (primary N) is 1. The maximum Gasteiger partial charge on any atom is 0.106 e. The predicted octanol–water partition coefficient (Wildman–Crippen LogP) is 3.33. The van der Waals surface area contributed by atoms with Crippen LogP contribution < -0.4 is 5.73 Å². The lowest BCUT2D eigenvalue weighted by atomic mass is 9.93. The van der Waals surface area contributed by atoms with Crippen LogP contribution in [0.25, 0.3) is 0 Å². The zero-order valence-corrected chi connectivity index (χ0v) is 13.0. The molecule has 1 aromatic heterocycles. The van der Waals surface area contributed by atoms with E-state index in [0.29, 0.717) is 11.4 Å². The van der Waals surface area contributed by atoms with Gasteiger partial charge in [0.1, 0.15) is 5.01 Å². The van der Waals surface area contributed by atoms with E-state index in [1.54, 1.807) is 23.5 Å². The summed E-state index contributed by atoms with van der Waals surface area (Å²) in [4.78, 5) is 5.32. The van der Waals surface area contributed by atoms with Gasteiger partial charge in [0.05, 0.1) is 22.2 Å². The summed E-state index contributed by atoms with van der Waals surface area (Å²) in [7, 11) is -1.09. The first kappa shape index (κ1) is 14.2. The van der Waals surface area contributed by atoms with Gasteiger partial charge in [-0.1, -0.05) is 26.8 Å². The van der Waals surface area contributed by atoms with Gasteiger partial charge in [-0.15, -0.1) is 11.3 Å². The highest BCUT2D eigenvalue weighted by Gasteiger charge is 2.18. The van der Waals surface area contributed by atoms with E-state index in [2.05, 4.69) is 25.8 Å². The number of hydrogen-bond donors (Lipinski definition) is 1. The van der Waals surface area contributed by atoms with Crippen LogP contribution in [0.15, 0.2) is 34.5 Å². The Balaban J connectivity index is 2.13. The quantitative estimate of drug-likeness (QED) is 0.883. The number of benzene rings is 1. The number of anilines is 1. The van der Waals surface area contributed by atoms with Crippen LogP contribution in [-0.2, 0) is 22.0 Å². The van der Waals surface area contributed by atoms with Crippen LogP contribution in [0.4, 0.5) is 5.69 Å². The molecule has 0 bridgehead atoms. The van der Waals surface area contributed by atoms with Crippen molar-refractivity contribution in [3.8, 4) is 0 Å². The Morgan fingerprint density at radius 3 is 2.68 bits per heavy atom. The van der Waals surface area contributed by atoms with Gasteiger partial charge in [-0.3, -0.25) is 4.21 Å². The van der Waals surface area contributed by atoms with Crippen molar-refractivity contribution < 1.29 is 4.21 Å². The van der Waals surface area contributed by atoms with E-state index in [4.69, 9.17) is 5.73 Å². The van der Waals surface area contributed by atoms with Crippen LogP contribution in [-0.4, -0.2) is 9.19 Å². The zero-order chi connectivity index (χ0) is 14.0. The minimum Gasteiger partial charge on any atom is -0.399 e. The van der Waals surface area contributed by atoms with Crippen LogP contribution in [0.5, 0.6) is 0 Å². The van der Waals surface area contributed by atoms with E-state index >= 15 is 0 Å². The lowest BCUT2D eigenvalue weighted by Crippen LogP contribution is -2.11. The number of hydrogen-bond acceptors (Lipinski definition) is 4. The molecule has 0 saturated heterocycles. The number of thiazole rings is 1. The van der Waals surface area contributed by atoms with Crippen molar-refractivity contribution in [2.45, 2.75) is 36.8 Å². The van der Waals surface area contributed by atoms with Gasteiger partial charge in [0.25, 0.3) is 0 Å². The third-order valence-electron chi connectivity index (χ3n) is 2.70. The van der Waals surface area contributed by atoms with E-state index in [1.165, 1.54) is 0 Å². The molecule has 5 heteroatoms. The fourth-order valence-electron chi connectivity index (χ4n) is 1.57. The van der Waals surface area contributed by atoms with Crippen molar-refractivity contribution in [3.63, 3.8) is 0 Å². The molecular weight excluding hydrogens is 276 g/mol. The van der Waals surface area contributed by atoms with Crippen LogP contribution in [0.2, 0.25) is 0 Å². The Morgan fingerprint density at radius 2 is 2.11 bits per heavy atom. The van der Waals surface area contributed by atoms with Crippen molar-refractivity contribution in [1.29, 1.82) is 0 Å². The molecular formula is C14H18N2OS2. The van der Waals surface area contributed by atoms with Gasteiger partial charge in [0, 0.05) is 21.4 Å². The third-order valence-corrected chi connectivity index (χ3v) is 5.04. The molecule has 3 nitrogen and oxygen atoms in total. The van der Waals surface area contributed by atoms with Gasteiger partial charge in [0.2, 0.25) is 0 Å². The summed E-state index contributed by atoms with van der Waals surface area (Å²) in [6.07, 6.45) is 0. The van der Waals surface area contributed by atoms with Gasteiger partial charge < -0.3 is 5.73 Å². The lowest BCUT2D eigenvalue weighted by molar-refractivity contribution is 0.571. The lowest BCUT2D eigenvalue weighted by Gasteiger charge is -2.14. The van der Waals surface area contributed by atoms with Crippen molar-refractivity contribution in [2.75, 3.05) is 5.73 Å². The summed E-state index contributed by atoms with van der Waals surface area (Å²) in [6.45, 7) is 6.38. The normalized spacial score (nSPS) is 13.4. The second-order valence-corrected chi connectivity index (χ2v) is 7.83. The highest BCUT2D eigenvalue weighted by Crippen LogP contribution is 2.25. The molecule has 0 radical (unpaired) electrons. The van der Waals surface area contributed by atoms with E-state index in [-0.39, 0.29) is 5.41 Å². The van der Waals surface area contributed by atoms with Crippen molar-refractivity contribution in [3.05, 3.63) is 40.3 Å². The van der Waals surface area contributed by atoms with Crippen molar-refractivity contribution in [2.24, 2.45) is 0 Å². The molecule has 0 aliphatic heterocycles. The van der Waals surface area contributed by atoms with E-state index in [1.807, 2.05) is 17.5 Å². The first-order valence-corrected chi connectivity index (χ1v) is 8.25. The first-order chi connectivity index (χ1) is 8.86. The van der Waals surface area contributed by atoms with Crippen LogP contribution in [0, 0.1) is 0 Å². The maximum absolute atomic E-state index is 12.2. The molecule has 1 heterocycles. The fourth-order valence-corrected chi connectivity index (χ4v) is 3.92. The smallest absolute Gasteiger partial charge is 0.106 e. The minimum atomic E-state index is -1.09. The summed E-state index contributed by atoms with van der Waals surface area (Å²) in [5.41, 5.74) is 7.43. The number of rotatable bonds is 3. The summed E-state index contributed by atoms with van der Waals surface area (Å²) >= 11 is 1.57. The molecule has 0 saturated carbocycles. The SMILES string of the molecule is CC(C)(C)c1csc(CS(=O)c2cccc(N)c2)n1. The molecule has 1 aromatic carbocycles. The van der Waals surface area contributed by atoms with Gasteiger partial charge in [-0.2, -0.15) is 0 Å². The molecule has 2 rings (SSSR count). The summed E-state index contributed by atoms with van der Waals surface area (Å²) in [6, 6.07) is 7.21. The van der Waals surface area contributed by atoms with E-state index < -0.39 is 10.8 Å². The Hall–Kier alpha value is -1.20. The predicted molar refractivity (Wildman–Crippen MR) is 81.8 cm³/mol. The molecule has 2 N–H and O–H groups in total. The zero-order valence-electron chi connectivity index (χ0n) is 11.3. The number of aromatic nitrogens is 1. The largest absolute Gasteiger partial charge is 0.399 e. The van der Waals surface area contributed by atoms with E-state index in [0.717, 1.165) is 15.6 Å². The maximum atomic E-state index is 12.2. The van der Waals surface area contributed by atoms with Crippen LogP contribution in [0.1, 0.15) is 31.5 Å². The Kier molecular flexibility index (Phi) is 4.06. The standard InChI is InChI=1S/C14H18N2OS2/c1-14(2,3)12-8-18-13(16-12)9-19(17)11-6-4-5-10(15)7-11/h4-8H,9,15H2,1-3H3. The molecule has 1 atom stereocenters. The molecule has 0 aliphatic carbocycles. The Labute approximate surface area is 120 Å². The van der Waals surface area contributed by atoms with Gasteiger partial charge in [-0.05, 0) is 18.2 Å². The average Bonchev–Trinajstić information content (AvgIpc) is 2.77. The molecule has 1 unspecified atom stereocenters. The van der Waals surface area contributed by atoms with Gasteiger partial charge >= 0.3 is 0 Å². The van der Waals surface area contributed by atoms with Crippen LogP contribution in [0.3, 0.4) is 0 Å². The average molecular weight is 294 g/mol. The van der Waals surface area contributed by atoms with Crippen molar-refractivity contribution in [1.82, 2.24) is 4.98 Å².